The second kappa shape index (κ2) is 4.18. The quantitative estimate of drug-likeness (QED) is 0.838. The highest BCUT2D eigenvalue weighted by molar-refractivity contribution is 8.00. The van der Waals surface area contributed by atoms with E-state index in [1.165, 1.54) is 36.3 Å². The van der Waals surface area contributed by atoms with Gasteiger partial charge in [0.1, 0.15) is 0 Å². The maximum absolute atomic E-state index is 3.42. The minimum Gasteiger partial charge on any atom is -0.316 e. The molecule has 15 heavy (non-hydrogen) atoms. The van der Waals surface area contributed by atoms with Gasteiger partial charge in [0.2, 0.25) is 0 Å². The molecule has 0 radical (unpaired) electrons. The lowest BCUT2D eigenvalue weighted by Gasteiger charge is -2.09. The van der Waals surface area contributed by atoms with Crippen molar-refractivity contribution in [1.82, 2.24) is 5.32 Å². The van der Waals surface area contributed by atoms with Crippen molar-refractivity contribution in [3.05, 3.63) is 29.8 Å². The predicted octanol–water partition coefficient (Wildman–Crippen LogP) is 3.02. The Morgan fingerprint density at radius 2 is 1.87 bits per heavy atom. The Morgan fingerprint density at radius 3 is 2.47 bits per heavy atom. The zero-order valence-corrected chi connectivity index (χ0v) is 9.72. The van der Waals surface area contributed by atoms with Gasteiger partial charge in [0, 0.05) is 16.7 Å². The largest absolute Gasteiger partial charge is 0.316 e. The molecule has 1 saturated carbocycles. The second-order valence-electron chi connectivity index (χ2n) is 4.58. The average molecular weight is 219 g/mol. The number of hydrogen-bond acceptors (Lipinski definition) is 2. The van der Waals surface area contributed by atoms with E-state index in [0.29, 0.717) is 0 Å². The highest BCUT2D eigenvalue weighted by Crippen LogP contribution is 2.39. The summed E-state index contributed by atoms with van der Waals surface area (Å²) in [5.74, 6) is 0.755. The number of nitrogens with one attached hydrogen (secondary N) is 1. The molecule has 1 aromatic carbocycles. The number of benzene rings is 1. The van der Waals surface area contributed by atoms with Crippen LogP contribution in [0.5, 0.6) is 0 Å². The lowest BCUT2D eigenvalue weighted by Crippen LogP contribution is -2.07. The van der Waals surface area contributed by atoms with Crippen LogP contribution in [0.4, 0.5) is 0 Å². The third-order valence-corrected chi connectivity index (χ3v) is 4.59. The lowest BCUT2D eigenvalue weighted by atomic mass is 9.99. The summed E-state index contributed by atoms with van der Waals surface area (Å²) in [7, 11) is 0. The average Bonchev–Trinajstić information content (AvgIpc) is 2.92. The van der Waals surface area contributed by atoms with Crippen molar-refractivity contribution in [3.8, 4) is 0 Å². The molecule has 1 nitrogen and oxygen atoms in total. The van der Waals surface area contributed by atoms with Gasteiger partial charge in [-0.2, -0.15) is 0 Å². The molecule has 1 aliphatic carbocycles. The third-order valence-electron chi connectivity index (χ3n) is 3.24. The molecule has 1 unspecified atom stereocenters. The first-order chi connectivity index (χ1) is 7.42. The Balaban J connectivity index is 1.68. The highest BCUT2D eigenvalue weighted by atomic mass is 32.2. The van der Waals surface area contributed by atoms with Crippen LogP contribution in [0.15, 0.2) is 29.2 Å². The summed E-state index contributed by atoms with van der Waals surface area (Å²) in [5.41, 5.74) is 1.51. The molecule has 1 aliphatic heterocycles. The molecule has 0 aromatic heterocycles. The lowest BCUT2D eigenvalue weighted by molar-refractivity contribution is 0.762. The summed E-state index contributed by atoms with van der Waals surface area (Å²) in [6.45, 7) is 2.35. The van der Waals surface area contributed by atoms with Crippen molar-refractivity contribution in [2.45, 2.75) is 35.3 Å². The summed E-state index contributed by atoms with van der Waals surface area (Å²) in [6.07, 6.45) is 4.13. The Bertz CT molecular complexity index is 323. The van der Waals surface area contributed by atoms with Gasteiger partial charge in [-0.15, -0.1) is 11.8 Å². The van der Waals surface area contributed by atoms with E-state index in [9.17, 15) is 0 Å². The highest BCUT2D eigenvalue weighted by Gasteiger charge is 2.22. The van der Waals surface area contributed by atoms with Gasteiger partial charge in [0.25, 0.3) is 0 Å². The SMILES string of the molecule is c1cc(C2CCNC2)ccc1SC1CC1. The fraction of sp³-hybridized carbons (Fsp3) is 0.538. The predicted molar refractivity (Wildman–Crippen MR) is 65.5 cm³/mol. The fourth-order valence-corrected chi connectivity index (χ4v) is 3.19. The van der Waals surface area contributed by atoms with Gasteiger partial charge < -0.3 is 5.32 Å². The molecular formula is C13H17NS. The summed E-state index contributed by atoms with van der Waals surface area (Å²) in [6, 6.07) is 9.25. The van der Waals surface area contributed by atoms with E-state index in [0.717, 1.165) is 17.7 Å². The minimum absolute atomic E-state index is 0.755. The van der Waals surface area contributed by atoms with Crippen LogP contribution in [0.1, 0.15) is 30.7 Å². The van der Waals surface area contributed by atoms with Crippen LogP contribution in [-0.2, 0) is 0 Å². The van der Waals surface area contributed by atoms with Crippen molar-refractivity contribution in [2.75, 3.05) is 13.1 Å². The van der Waals surface area contributed by atoms with Crippen LogP contribution in [-0.4, -0.2) is 18.3 Å². The third kappa shape index (κ3) is 2.37. The second-order valence-corrected chi connectivity index (χ2v) is 5.95. The van der Waals surface area contributed by atoms with E-state index in [-0.39, 0.29) is 0 Å². The summed E-state index contributed by atoms with van der Waals surface area (Å²) in [4.78, 5) is 1.45. The number of thioether (sulfide) groups is 1. The molecule has 3 rings (SSSR count). The molecule has 1 N–H and O–H groups in total. The van der Waals surface area contributed by atoms with Crippen LogP contribution in [0.3, 0.4) is 0 Å². The van der Waals surface area contributed by atoms with Crippen LogP contribution < -0.4 is 5.32 Å². The van der Waals surface area contributed by atoms with Crippen LogP contribution in [0, 0.1) is 0 Å². The molecule has 2 fully saturated rings. The van der Waals surface area contributed by atoms with E-state index >= 15 is 0 Å². The normalized spacial score (nSPS) is 25.7. The molecule has 0 amide bonds. The van der Waals surface area contributed by atoms with Gasteiger partial charge in [-0.1, -0.05) is 12.1 Å². The first-order valence-electron chi connectivity index (χ1n) is 5.89. The topological polar surface area (TPSA) is 12.0 Å². The van der Waals surface area contributed by atoms with E-state index in [2.05, 4.69) is 29.6 Å². The van der Waals surface area contributed by atoms with Gasteiger partial charge in [-0.25, -0.2) is 0 Å². The minimum atomic E-state index is 0.755. The molecule has 1 heterocycles. The molecule has 1 saturated heterocycles. The van der Waals surface area contributed by atoms with Gasteiger partial charge in [0.15, 0.2) is 0 Å². The van der Waals surface area contributed by atoms with Crippen LogP contribution in [0.2, 0.25) is 0 Å². The van der Waals surface area contributed by atoms with E-state index in [1.807, 2.05) is 11.8 Å². The van der Waals surface area contributed by atoms with Crippen molar-refractivity contribution < 1.29 is 0 Å². The maximum Gasteiger partial charge on any atom is 0.00952 e. The fourth-order valence-electron chi connectivity index (χ4n) is 2.14. The monoisotopic (exact) mass is 219 g/mol. The Kier molecular flexibility index (Phi) is 2.72. The molecule has 1 aromatic rings. The molecule has 0 bridgehead atoms. The van der Waals surface area contributed by atoms with Crippen molar-refractivity contribution >= 4 is 11.8 Å². The Hall–Kier alpha value is -0.470. The Labute approximate surface area is 95.6 Å². The summed E-state index contributed by atoms with van der Waals surface area (Å²) in [5, 5.41) is 4.34. The summed E-state index contributed by atoms with van der Waals surface area (Å²) >= 11 is 2.05. The maximum atomic E-state index is 3.42. The van der Waals surface area contributed by atoms with Crippen LogP contribution in [0.25, 0.3) is 0 Å². The smallest absolute Gasteiger partial charge is 0.00952 e. The first-order valence-corrected chi connectivity index (χ1v) is 6.77. The molecule has 2 aliphatic rings. The molecule has 2 heteroatoms. The standard InChI is InChI=1S/C13H17NS/c1-3-12(15-13-5-6-13)4-2-10(1)11-7-8-14-9-11/h1-4,11,13-14H,5-9H2. The Morgan fingerprint density at radius 1 is 1.07 bits per heavy atom. The zero-order valence-electron chi connectivity index (χ0n) is 8.91. The number of hydrogen-bond donors (Lipinski definition) is 1. The van der Waals surface area contributed by atoms with Gasteiger partial charge >= 0.3 is 0 Å². The molecule has 1 atom stereocenters. The first kappa shape index (κ1) is 9.73. The van der Waals surface area contributed by atoms with E-state index in [4.69, 9.17) is 0 Å². The van der Waals surface area contributed by atoms with E-state index in [1.54, 1.807) is 0 Å². The van der Waals surface area contributed by atoms with Crippen LogP contribution >= 0.6 is 11.8 Å². The molecule has 80 valence electrons. The zero-order chi connectivity index (χ0) is 10.1. The summed E-state index contributed by atoms with van der Waals surface area (Å²) < 4.78 is 0. The van der Waals surface area contributed by atoms with Crippen molar-refractivity contribution in [1.29, 1.82) is 0 Å². The molecular weight excluding hydrogens is 202 g/mol. The van der Waals surface area contributed by atoms with Crippen molar-refractivity contribution in [2.24, 2.45) is 0 Å². The van der Waals surface area contributed by atoms with Gasteiger partial charge in [0.05, 0.1) is 0 Å². The van der Waals surface area contributed by atoms with Crippen molar-refractivity contribution in [3.63, 3.8) is 0 Å². The van der Waals surface area contributed by atoms with E-state index < -0.39 is 0 Å². The van der Waals surface area contributed by atoms with Gasteiger partial charge in [-0.05, 0) is 49.4 Å². The molecule has 0 spiro atoms. The van der Waals surface area contributed by atoms with Gasteiger partial charge in [-0.3, -0.25) is 0 Å². The number of rotatable bonds is 3.